The first-order chi connectivity index (χ1) is 26.9. The molecule has 0 saturated heterocycles. The van der Waals surface area contributed by atoms with Crippen molar-refractivity contribution < 1.29 is 0 Å². The van der Waals surface area contributed by atoms with E-state index in [1.54, 1.807) is 0 Å². The molecule has 13 rings (SSSR count). The van der Waals surface area contributed by atoms with Crippen molar-refractivity contribution in [2.75, 3.05) is 0 Å². The minimum absolute atomic E-state index is 0.0277. The van der Waals surface area contributed by atoms with E-state index in [-0.39, 0.29) is 17.5 Å². The molecular weight excluding hydrogens is 675 g/mol. The lowest BCUT2D eigenvalue weighted by molar-refractivity contribution is 0.588. The zero-order chi connectivity index (χ0) is 37.9. The first-order valence-electron chi connectivity index (χ1n) is 20.5. The average molecular weight is 719 g/mol. The first-order valence-corrected chi connectivity index (χ1v) is 20.5. The number of hydrogen-bond donors (Lipinski definition) is 0. The largest absolute Gasteiger partial charge is 0.315 e. The molecule has 5 heterocycles. The smallest absolute Gasteiger partial charge is 0.252 e. The normalized spacial score (nSPS) is 15.2. The highest BCUT2D eigenvalue weighted by atomic mass is 15.1. The lowest BCUT2D eigenvalue weighted by atomic mass is 9.33. The maximum Gasteiger partial charge on any atom is 0.252 e. The molecule has 0 radical (unpaired) electrons. The number of nitrogens with zero attached hydrogens (tertiary/aromatic N) is 2. The molecule has 9 aromatic rings. The molecule has 0 bridgehead atoms. The van der Waals surface area contributed by atoms with Gasteiger partial charge in [-0.05, 0) is 120 Å². The van der Waals surface area contributed by atoms with Crippen molar-refractivity contribution in [1.82, 2.24) is 9.13 Å². The summed E-state index contributed by atoms with van der Waals surface area (Å²) in [4.78, 5) is 0. The van der Waals surface area contributed by atoms with Gasteiger partial charge in [0, 0.05) is 44.3 Å². The molecule has 2 aromatic heterocycles. The van der Waals surface area contributed by atoms with Gasteiger partial charge in [0.25, 0.3) is 6.71 Å². The Morgan fingerprint density at radius 1 is 0.518 bits per heavy atom. The summed E-state index contributed by atoms with van der Waals surface area (Å²) >= 11 is 0. The summed E-state index contributed by atoms with van der Waals surface area (Å²) in [5.41, 5.74) is 24.5. The number of benzene rings is 7. The predicted molar refractivity (Wildman–Crippen MR) is 238 cm³/mol. The third-order valence-corrected chi connectivity index (χ3v) is 14.6. The van der Waals surface area contributed by atoms with Crippen LogP contribution in [0.1, 0.15) is 86.2 Å². The molecule has 0 N–H and O–H groups in total. The van der Waals surface area contributed by atoms with E-state index < -0.39 is 5.41 Å². The van der Waals surface area contributed by atoms with Crippen molar-refractivity contribution >= 4 is 66.6 Å². The van der Waals surface area contributed by atoms with Crippen LogP contribution in [0.2, 0.25) is 0 Å². The zero-order valence-corrected chi connectivity index (χ0v) is 33.4. The SMILES string of the molecule is Cc1c(C)n2c3c(cc4ccccc4c13)B1c3c-2ccc2c3-n3c4c1cc(C(C)(C)C)cc4c1cc(C(C)(C)C)cc(c13)C21c2ccccc2-c2ccccc21. The third-order valence-electron chi connectivity index (χ3n) is 14.6. The number of rotatable bonds is 0. The first kappa shape index (κ1) is 31.4. The van der Waals surface area contributed by atoms with E-state index in [9.17, 15) is 0 Å². The van der Waals surface area contributed by atoms with Gasteiger partial charge in [0.05, 0.1) is 10.9 Å². The highest BCUT2D eigenvalue weighted by Crippen LogP contribution is 2.62. The second-order valence-corrected chi connectivity index (χ2v) is 19.3. The second-order valence-electron chi connectivity index (χ2n) is 19.3. The fourth-order valence-electron chi connectivity index (χ4n) is 12.0. The summed E-state index contributed by atoms with van der Waals surface area (Å²) in [6, 6.07) is 45.6. The molecule has 1 aliphatic carbocycles. The monoisotopic (exact) mass is 718 g/mol. The Morgan fingerprint density at radius 2 is 1.12 bits per heavy atom. The molecule has 7 aromatic carbocycles. The van der Waals surface area contributed by atoms with E-state index in [4.69, 9.17) is 0 Å². The highest BCUT2D eigenvalue weighted by molar-refractivity contribution is 7.00. The Morgan fingerprint density at radius 3 is 1.82 bits per heavy atom. The summed E-state index contributed by atoms with van der Waals surface area (Å²) in [5, 5.41) is 6.85. The van der Waals surface area contributed by atoms with Gasteiger partial charge in [0.1, 0.15) is 0 Å². The molecule has 0 unspecified atom stereocenters. The van der Waals surface area contributed by atoms with Gasteiger partial charge in [-0.1, -0.05) is 139 Å². The fourth-order valence-corrected chi connectivity index (χ4v) is 12.0. The van der Waals surface area contributed by atoms with Crippen LogP contribution < -0.4 is 16.4 Å². The molecule has 268 valence electrons. The van der Waals surface area contributed by atoms with Gasteiger partial charge in [0.2, 0.25) is 0 Å². The number of hydrogen-bond acceptors (Lipinski definition) is 0. The minimum atomic E-state index is -0.475. The summed E-state index contributed by atoms with van der Waals surface area (Å²) in [7, 11) is 0. The maximum atomic E-state index is 2.75. The van der Waals surface area contributed by atoms with Crippen LogP contribution >= 0.6 is 0 Å². The summed E-state index contributed by atoms with van der Waals surface area (Å²) in [6.45, 7) is 19.1. The van der Waals surface area contributed by atoms with Crippen molar-refractivity contribution in [2.45, 2.75) is 71.6 Å². The van der Waals surface area contributed by atoms with Crippen molar-refractivity contribution in [3.63, 3.8) is 0 Å². The van der Waals surface area contributed by atoms with E-state index >= 15 is 0 Å². The van der Waals surface area contributed by atoms with Gasteiger partial charge >= 0.3 is 0 Å². The Bertz CT molecular complexity index is 3310. The number of aryl methyl sites for hydroxylation is 1. The van der Waals surface area contributed by atoms with E-state index in [0.717, 1.165) is 0 Å². The molecule has 1 spiro atoms. The van der Waals surface area contributed by atoms with Crippen LogP contribution in [0.3, 0.4) is 0 Å². The summed E-state index contributed by atoms with van der Waals surface area (Å²) in [6.07, 6.45) is 0. The summed E-state index contributed by atoms with van der Waals surface area (Å²) in [5.74, 6) is 0. The molecule has 4 aliphatic rings. The topological polar surface area (TPSA) is 9.86 Å². The zero-order valence-electron chi connectivity index (χ0n) is 33.4. The second kappa shape index (κ2) is 9.59. The molecule has 56 heavy (non-hydrogen) atoms. The van der Waals surface area contributed by atoms with Gasteiger partial charge in [-0.25, -0.2) is 0 Å². The Hall–Kier alpha value is -5.80. The van der Waals surface area contributed by atoms with Crippen LogP contribution in [0, 0.1) is 13.8 Å². The van der Waals surface area contributed by atoms with Gasteiger partial charge in [0.15, 0.2) is 0 Å². The molecule has 0 saturated carbocycles. The van der Waals surface area contributed by atoms with Crippen LogP contribution in [0.4, 0.5) is 0 Å². The molecule has 2 nitrogen and oxygen atoms in total. The van der Waals surface area contributed by atoms with Gasteiger partial charge in [-0.15, -0.1) is 0 Å². The highest BCUT2D eigenvalue weighted by Gasteiger charge is 2.54. The molecule has 0 fully saturated rings. The van der Waals surface area contributed by atoms with Gasteiger partial charge in [-0.3, -0.25) is 0 Å². The van der Waals surface area contributed by atoms with Gasteiger partial charge < -0.3 is 9.13 Å². The summed E-state index contributed by atoms with van der Waals surface area (Å²) < 4.78 is 5.39. The van der Waals surface area contributed by atoms with Crippen molar-refractivity contribution in [1.29, 1.82) is 0 Å². The average Bonchev–Trinajstić information content (AvgIpc) is 3.78. The van der Waals surface area contributed by atoms with E-state index in [1.165, 1.54) is 127 Å². The van der Waals surface area contributed by atoms with E-state index in [1.807, 2.05) is 0 Å². The minimum Gasteiger partial charge on any atom is -0.315 e. The lowest BCUT2D eigenvalue weighted by Crippen LogP contribution is -2.60. The van der Waals surface area contributed by atoms with Crippen LogP contribution in [-0.2, 0) is 16.2 Å². The lowest BCUT2D eigenvalue weighted by Gasteiger charge is -2.44. The fraction of sp³-hybridized carbons (Fsp3) is 0.208. The number of fused-ring (bicyclic) bond motifs is 13. The van der Waals surface area contributed by atoms with Crippen molar-refractivity contribution in [3.05, 3.63) is 160 Å². The standard InChI is InChI=1S/C53H43BN2/c1-28-29(2)55-44-22-21-40-49-46(44)54(42-23-30-15-9-10-16-33(30)45(28)50(42)55)43-27-32(52(6,7)8)25-37-36-24-31(51(3,4)5)26-41(47(36)56(49)48(37)43)53(40)38-19-13-11-17-34(38)35-18-12-14-20-39(35)53/h9-27H,1-8H3. The van der Waals surface area contributed by atoms with Crippen LogP contribution in [0.15, 0.2) is 115 Å². The van der Waals surface area contributed by atoms with Crippen LogP contribution in [0.5, 0.6) is 0 Å². The van der Waals surface area contributed by atoms with E-state index in [0.29, 0.717) is 0 Å². The Kier molecular flexibility index (Phi) is 5.38. The molecule has 0 atom stereocenters. The van der Waals surface area contributed by atoms with Gasteiger partial charge in [-0.2, -0.15) is 0 Å². The van der Waals surface area contributed by atoms with Crippen molar-refractivity contribution in [2.24, 2.45) is 0 Å². The maximum absolute atomic E-state index is 2.75. The van der Waals surface area contributed by atoms with Crippen LogP contribution in [0.25, 0.3) is 66.0 Å². The van der Waals surface area contributed by atoms with Crippen LogP contribution in [-0.4, -0.2) is 15.8 Å². The molecule has 3 heteroatoms. The molecule has 3 aliphatic heterocycles. The van der Waals surface area contributed by atoms with Crippen molar-refractivity contribution in [3.8, 4) is 22.5 Å². The predicted octanol–water partition coefficient (Wildman–Crippen LogP) is 10.9. The quantitative estimate of drug-likeness (QED) is 0.138. The molecule has 0 amide bonds. The van der Waals surface area contributed by atoms with E-state index in [2.05, 4.69) is 180 Å². The third kappa shape index (κ3) is 3.31. The Labute approximate surface area is 328 Å². The Balaban J connectivity index is 1.34. The molecular formula is C53H43BN2. The number of aromatic nitrogens is 2.